The van der Waals surface area contributed by atoms with Crippen molar-refractivity contribution in [2.75, 3.05) is 32.1 Å². The number of rotatable bonds is 3. The number of nitrogens with one attached hydrogen (secondary N) is 2. The Morgan fingerprint density at radius 1 is 1.53 bits per heavy atom. The third-order valence-corrected chi connectivity index (χ3v) is 3.50. The molecule has 1 fully saturated rings. The van der Waals surface area contributed by atoms with Gasteiger partial charge in [0.15, 0.2) is 5.69 Å². The maximum atomic E-state index is 11.9. The van der Waals surface area contributed by atoms with Gasteiger partial charge in [0, 0.05) is 26.2 Å². The van der Waals surface area contributed by atoms with Crippen LogP contribution in [-0.2, 0) is 0 Å². The van der Waals surface area contributed by atoms with Crippen LogP contribution in [0.1, 0.15) is 18.5 Å². The summed E-state index contributed by atoms with van der Waals surface area (Å²) in [6.45, 7) is 2.00. The number of amidine groups is 1. The second kappa shape index (κ2) is 5.83. The van der Waals surface area contributed by atoms with Gasteiger partial charge in [-0.2, -0.15) is 5.10 Å². The maximum absolute atomic E-state index is 11.9. The lowest BCUT2D eigenvalue weighted by atomic mass is 10.1. The smallest absolute Gasteiger partial charge is 0.213 e. The van der Waals surface area contributed by atoms with Crippen LogP contribution in [0.3, 0.4) is 0 Å². The van der Waals surface area contributed by atoms with Gasteiger partial charge < -0.3 is 16.0 Å². The van der Waals surface area contributed by atoms with Crippen molar-refractivity contribution in [3.63, 3.8) is 0 Å². The summed E-state index contributed by atoms with van der Waals surface area (Å²) in [4.78, 5) is 17.8. The van der Waals surface area contributed by atoms with Crippen LogP contribution in [-0.4, -0.2) is 49.3 Å². The van der Waals surface area contributed by atoms with E-state index in [1.54, 1.807) is 0 Å². The van der Waals surface area contributed by atoms with Crippen molar-refractivity contribution < 1.29 is 0 Å². The van der Waals surface area contributed by atoms with E-state index >= 15 is 0 Å². The van der Waals surface area contributed by atoms with E-state index in [0.29, 0.717) is 11.9 Å². The molecule has 2 rings (SSSR count). The lowest BCUT2D eigenvalue weighted by Crippen LogP contribution is -2.42. The zero-order valence-electron chi connectivity index (χ0n) is 11.3. The Morgan fingerprint density at radius 2 is 2.21 bits per heavy atom. The SMILES string of the molecule is CN=C(N)c1n[nH]c(N(C)C2CCNCC2)cc1=O. The van der Waals surface area contributed by atoms with Crippen LogP contribution in [0.4, 0.5) is 5.82 Å². The topological polar surface area (TPSA) is 99.4 Å². The van der Waals surface area contributed by atoms with Crippen LogP contribution in [0.25, 0.3) is 0 Å². The third kappa shape index (κ3) is 2.93. The number of anilines is 1. The Hall–Kier alpha value is -1.89. The first kappa shape index (κ1) is 13.5. The fourth-order valence-corrected chi connectivity index (χ4v) is 2.25. The largest absolute Gasteiger partial charge is 0.382 e. The standard InChI is InChI=1S/C12H20N6O/c1-14-12(13)11-9(19)7-10(16-17-11)18(2)8-3-5-15-6-4-8/h7-8,15H,3-6H2,1-2H3,(H2,13,14)(H,16,19). The van der Waals surface area contributed by atoms with E-state index in [-0.39, 0.29) is 17.0 Å². The minimum atomic E-state index is -0.211. The highest BCUT2D eigenvalue weighted by Crippen LogP contribution is 2.15. The molecule has 2 heterocycles. The van der Waals surface area contributed by atoms with Crippen molar-refractivity contribution in [3.8, 4) is 0 Å². The zero-order valence-corrected chi connectivity index (χ0v) is 11.3. The number of nitrogens with two attached hydrogens (primary N) is 1. The van der Waals surface area contributed by atoms with Gasteiger partial charge in [-0.15, -0.1) is 0 Å². The number of nitrogens with zero attached hydrogens (tertiary/aromatic N) is 3. The first-order valence-electron chi connectivity index (χ1n) is 6.39. The van der Waals surface area contributed by atoms with Crippen LogP contribution >= 0.6 is 0 Å². The lowest BCUT2D eigenvalue weighted by Gasteiger charge is -2.32. The van der Waals surface area contributed by atoms with Gasteiger partial charge in [0.25, 0.3) is 0 Å². The molecule has 1 aromatic heterocycles. The van der Waals surface area contributed by atoms with E-state index in [2.05, 4.69) is 25.4 Å². The Morgan fingerprint density at radius 3 is 2.79 bits per heavy atom. The van der Waals surface area contributed by atoms with Gasteiger partial charge in [-0.1, -0.05) is 0 Å². The minimum Gasteiger partial charge on any atom is -0.382 e. The number of aromatic nitrogens is 2. The van der Waals surface area contributed by atoms with Crippen molar-refractivity contribution >= 4 is 11.7 Å². The summed E-state index contributed by atoms with van der Waals surface area (Å²) in [6, 6.07) is 1.95. The molecule has 0 saturated carbocycles. The first-order valence-corrected chi connectivity index (χ1v) is 6.39. The molecule has 1 aromatic rings. The summed E-state index contributed by atoms with van der Waals surface area (Å²) in [7, 11) is 3.51. The average Bonchev–Trinajstić information content (AvgIpc) is 2.46. The molecule has 0 spiro atoms. The van der Waals surface area contributed by atoms with E-state index < -0.39 is 0 Å². The van der Waals surface area contributed by atoms with E-state index in [1.165, 1.54) is 13.1 Å². The summed E-state index contributed by atoms with van der Waals surface area (Å²) < 4.78 is 0. The van der Waals surface area contributed by atoms with E-state index in [4.69, 9.17) is 5.73 Å². The quantitative estimate of drug-likeness (QED) is 0.495. The minimum absolute atomic E-state index is 0.150. The van der Waals surface area contributed by atoms with Gasteiger partial charge in [0.1, 0.15) is 11.7 Å². The van der Waals surface area contributed by atoms with E-state index in [1.807, 2.05) is 7.05 Å². The lowest BCUT2D eigenvalue weighted by molar-refractivity contribution is 0.441. The molecule has 1 aliphatic rings. The van der Waals surface area contributed by atoms with E-state index in [0.717, 1.165) is 25.9 Å². The van der Waals surface area contributed by atoms with Crippen molar-refractivity contribution in [2.45, 2.75) is 18.9 Å². The molecule has 1 aliphatic heterocycles. The highest BCUT2D eigenvalue weighted by molar-refractivity contribution is 5.95. The number of aromatic amines is 1. The Balaban J connectivity index is 2.21. The highest BCUT2D eigenvalue weighted by atomic mass is 16.1. The molecule has 104 valence electrons. The normalized spacial score (nSPS) is 17.5. The summed E-state index contributed by atoms with van der Waals surface area (Å²) >= 11 is 0. The summed E-state index contributed by atoms with van der Waals surface area (Å²) in [6.07, 6.45) is 2.11. The molecule has 19 heavy (non-hydrogen) atoms. The fourth-order valence-electron chi connectivity index (χ4n) is 2.25. The molecule has 0 unspecified atom stereocenters. The molecule has 1 saturated heterocycles. The molecule has 0 atom stereocenters. The van der Waals surface area contributed by atoms with Gasteiger partial charge in [-0.05, 0) is 25.9 Å². The van der Waals surface area contributed by atoms with Gasteiger partial charge in [-0.25, -0.2) is 0 Å². The van der Waals surface area contributed by atoms with Crippen LogP contribution < -0.4 is 21.4 Å². The van der Waals surface area contributed by atoms with Gasteiger partial charge in [-0.3, -0.25) is 14.9 Å². The van der Waals surface area contributed by atoms with Crippen molar-refractivity contribution in [1.82, 2.24) is 15.5 Å². The van der Waals surface area contributed by atoms with Gasteiger partial charge in [0.2, 0.25) is 5.43 Å². The Labute approximate surface area is 111 Å². The van der Waals surface area contributed by atoms with Crippen LogP contribution in [0.2, 0.25) is 0 Å². The summed E-state index contributed by atoms with van der Waals surface area (Å²) in [5.74, 6) is 0.863. The average molecular weight is 264 g/mol. The Bertz CT molecular complexity index is 517. The number of H-pyrrole nitrogens is 1. The van der Waals surface area contributed by atoms with Crippen LogP contribution in [0.5, 0.6) is 0 Å². The first-order chi connectivity index (χ1) is 9.13. The molecule has 7 heteroatoms. The molecule has 0 aliphatic carbocycles. The molecule has 0 bridgehead atoms. The number of hydrogen-bond acceptors (Lipinski definition) is 5. The van der Waals surface area contributed by atoms with Gasteiger partial charge >= 0.3 is 0 Å². The zero-order chi connectivity index (χ0) is 13.8. The Kier molecular flexibility index (Phi) is 4.16. The second-order valence-corrected chi connectivity index (χ2v) is 4.67. The second-order valence-electron chi connectivity index (χ2n) is 4.67. The van der Waals surface area contributed by atoms with Crippen molar-refractivity contribution in [1.29, 1.82) is 0 Å². The van der Waals surface area contributed by atoms with E-state index in [9.17, 15) is 4.79 Å². The maximum Gasteiger partial charge on any atom is 0.213 e. The van der Waals surface area contributed by atoms with Crippen molar-refractivity contribution in [2.24, 2.45) is 10.7 Å². The number of hydrogen-bond donors (Lipinski definition) is 3. The number of piperidine rings is 1. The molecular weight excluding hydrogens is 244 g/mol. The number of aliphatic imine (C=N–C) groups is 1. The third-order valence-electron chi connectivity index (χ3n) is 3.50. The molecule has 4 N–H and O–H groups in total. The van der Waals surface area contributed by atoms with Crippen molar-refractivity contribution in [3.05, 3.63) is 22.0 Å². The monoisotopic (exact) mass is 264 g/mol. The fraction of sp³-hybridized carbons (Fsp3) is 0.583. The van der Waals surface area contributed by atoms with Crippen LogP contribution in [0.15, 0.2) is 15.9 Å². The predicted molar refractivity (Wildman–Crippen MR) is 75.8 cm³/mol. The van der Waals surface area contributed by atoms with Crippen LogP contribution in [0, 0.1) is 0 Å². The summed E-state index contributed by atoms with van der Waals surface area (Å²) in [5, 5.41) is 10.2. The van der Waals surface area contributed by atoms with Gasteiger partial charge in [0.05, 0.1) is 0 Å². The highest BCUT2D eigenvalue weighted by Gasteiger charge is 2.19. The predicted octanol–water partition coefficient (Wildman–Crippen LogP) is -0.707. The molecule has 0 aromatic carbocycles. The molecule has 0 radical (unpaired) electrons. The summed E-state index contributed by atoms with van der Waals surface area (Å²) in [5.41, 5.74) is 5.57. The molecular formula is C12H20N6O. The molecule has 0 amide bonds. The molecule has 7 nitrogen and oxygen atoms in total.